The van der Waals surface area contributed by atoms with E-state index < -0.39 is 11.6 Å². The molecule has 2 heterocycles. The summed E-state index contributed by atoms with van der Waals surface area (Å²) in [6.07, 6.45) is 5.06. The van der Waals surface area contributed by atoms with E-state index in [2.05, 4.69) is 9.88 Å². The third-order valence-electron chi connectivity index (χ3n) is 4.23. The average Bonchev–Trinajstić information content (AvgIpc) is 2.57. The number of Topliss-reactive ketones (excluding diaryl/α,β-unsaturated/α-hetero) is 1. The van der Waals surface area contributed by atoms with Crippen LogP contribution >= 0.6 is 0 Å². The minimum absolute atomic E-state index is 0.138. The summed E-state index contributed by atoms with van der Waals surface area (Å²) in [7, 11) is 0. The molecule has 2 aromatic rings. The third kappa shape index (κ3) is 3.79. The number of carbonyl (C=O) groups is 1. The highest BCUT2D eigenvalue weighted by Crippen LogP contribution is 2.24. The van der Waals surface area contributed by atoms with Crippen molar-refractivity contribution < 1.29 is 13.6 Å². The molecule has 0 N–H and O–H groups in total. The van der Waals surface area contributed by atoms with Gasteiger partial charge in [-0.2, -0.15) is 0 Å². The van der Waals surface area contributed by atoms with Crippen molar-refractivity contribution >= 4 is 5.78 Å². The first-order valence-electron chi connectivity index (χ1n) is 7.74. The van der Waals surface area contributed by atoms with Gasteiger partial charge in [-0.15, -0.1) is 0 Å². The van der Waals surface area contributed by atoms with Gasteiger partial charge in [-0.05, 0) is 55.3 Å². The van der Waals surface area contributed by atoms with Crippen LogP contribution in [-0.4, -0.2) is 28.8 Å². The number of likely N-dealkylation sites (tertiary alicyclic amines) is 1. The predicted molar refractivity (Wildman–Crippen MR) is 82.9 cm³/mol. The standard InChI is InChI=1S/C18H18F2N2O/c19-15-3-4-17(20)16(10-15)18(23)14-2-1-9-22(12-14)11-13-5-7-21-8-6-13/h3-8,10,14H,1-2,9,11-12H2. The molecule has 0 saturated carbocycles. The van der Waals surface area contributed by atoms with Crippen LogP contribution in [0.2, 0.25) is 0 Å². The second kappa shape index (κ2) is 6.96. The van der Waals surface area contributed by atoms with Crippen molar-refractivity contribution in [2.24, 2.45) is 5.92 Å². The van der Waals surface area contributed by atoms with E-state index in [0.717, 1.165) is 43.3 Å². The third-order valence-corrected chi connectivity index (χ3v) is 4.23. The summed E-state index contributed by atoms with van der Waals surface area (Å²) in [5.41, 5.74) is 0.991. The van der Waals surface area contributed by atoms with Gasteiger partial charge in [-0.1, -0.05) is 0 Å². The summed E-state index contributed by atoms with van der Waals surface area (Å²) in [4.78, 5) is 18.7. The molecule has 1 saturated heterocycles. The van der Waals surface area contributed by atoms with Crippen LogP contribution in [0, 0.1) is 17.6 Å². The van der Waals surface area contributed by atoms with Gasteiger partial charge in [0.2, 0.25) is 0 Å². The first-order chi connectivity index (χ1) is 11.1. The van der Waals surface area contributed by atoms with Crippen LogP contribution in [0.4, 0.5) is 8.78 Å². The number of nitrogens with zero attached hydrogens (tertiary/aromatic N) is 2. The first kappa shape index (κ1) is 15.7. The van der Waals surface area contributed by atoms with Gasteiger partial charge in [0.1, 0.15) is 11.6 Å². The fraction of sp³-hybridized carbons (Fsp3) is 0.333. The molecule has 0 radical (unpaired) electrons. The van der Waals surface area contributed by atoms with E-state index in [1.165, 1.54) is 0 Å². The van der Waals surface area contributed by atoms with E-state index in [1.807, 2.05) is 12.1 Å². The van der Waals surface area contributed by atoms with Gasteiger partial charge in [0.05, 0.1) is 5.56 Å². The number of piperidine rings is 1. The minimum atomic E-state index is -0.650. The van der Waals surface area contributed by atoms with Crippen molar-refractivity contribution in [3.8, 4) is 0 Å². The zero-order valence-electron chi connectivity index (χ0n) is 12.7. The molecule has 3 rings (SSSR count). The summed E-state index contributed by atoms with van der Waals surface area (Å²) in [5.74, 6) is -1.83. The van der Waals surface area contributed by atoms with E-state index in [9.17, 15) is 13.6 Å². The molecule has 1 aliphatic heterocycles. The Morgan fingerprint density at radius 1 is 1.22 bits per heavy atom. The molecule has 0 bridgehead atoms. The molecule has 3 nitrogen and oxygen atoms in total. The Hall–Kier alpha value is -2.14. The number of benzene rings is 1. The number of aromatic nitrogens is 1. The van der Waals surface area contributed by atoms with Crippen molar-refractivity contribution in [1.82, 2.24) is 9.88 Å². The number of rotatable bonds is 4. The molecule has 1 atom stereocenters. The lowest BCUT2D eigenvalue weighted by molar-refractivity contribution is 0.0807. The maximum Gasteiger partial charge on any atom is 0.170 e. The normalized spacial score (nSPS) is 18.8. The van der Waals surface area contributed by atoms with E-state index in [-0.39, 0.29) is 17.3 Å². The lowest BCUT2D eigenvalue weighted by atomic mass is 9.89. The van der Waals surface area contributed by atoms with E-state index >= 15 is 0 Å². The second-order valence-corrected chi connectivity index (χ2v) is 5.92. The fourth-order valence-corrected chi connectivity index (χ4v) is 3.07. The average molecular weight is 316 g/mol. The Morgan fingerprint density at radius 3 is 2.78 bits per heavy atom. The van der Waals surface area contributed by atoms with Crippen molar-refractivity contribution in [3.63, 3.8) is 0 Å². The van der Waals surface area contributed by atoms with Crippen molar-refractivity contribution in [2.75, 3.05) is 13.1 Å². The molecule has 0 amide bonds. The summed E-state index contributed by atoms with van der Waals surface area (Å²) in [6, 6.07) is 6.93. The summed E-state index contributed by atoms with van der Waals surface area (Å²) in [5, 5.41) is 0. The molecule has 1 aromatic heterocycles. The molecule has 1 unspecified atom stereocenters. The number of carbonyl (C=O) groups excluding carboxylic acids is 1. The van der Waals surface area contributed by atoms with Crippen LogP contribution in [0.3, 0.4) is 0 Å². The van der Waals surface area contributed by atoms with Gasteiger partial charge in [0.25, 0.3) is 0 Å². The molecule has 1 fully saturated rings. The summed E-state index contributed by atoms with van der Waals surface area (Å²) >= 11 is 0. The van der Waals surface area contributed by atoms with E-state index in [0.29, 0.717) is 13.0 Å². The molecular weight excluding hydrogens is 298 g/mol. The number of ketones is 1. The van der Waals surface area contributed by atoms with Crippen LogP contribution in [0.25, 0.3) is 0 Å². The molecular formula is C18H18F2N2O. The highest BCUT2D eigenvalue weighted by atomic mass is 19.1. The van der Waals surface area contributed by atoms with Gasteiger partial charge in [-0.3, -0.25) is 14.7 Å². The number of hydrogen-bond donors (Lipinski definition) is 0. The Bertz CT molecular complexity index is 691. The predicted octanol–water partition coefficient (Wildman–Crippen LogP) is 3.45. The van der Waals surface area contributed by atoms with E-state index in [1.54, 1.807) is 12.4 Å². The highest BCUT2D eigenvalue weighted by Gasteiger charge is 2.28. The maximum absolute atomic E-state index is 13.8. The van der Waals surface area contributed by atoms with Gasteiger partial charge >= 0.3 is 0 Å². The Kier molecular flexibility index (Phi) is 4.76. The first-order valence-corrected chi connectivity index (χ1v) is 7.74. The van der Waals surface area contributed by atoms with Crippen LogP contribution in [0.1, 0.15) is 28.8 Å². The lowest BCUT2D eigenvalue weighted by Gasteiger charge is -2.32. The zero-order valence-corrected chi connectivity index (χ0v) is 12.7. The van der Waals surface area contributed by atoms with Gasteiger partial charge in [0, 0.05) is 31.4 Å². The maximum atomic E-state index is 13.8. The molecule has 0 aliphatic carbocycles. The van der Waals surface area contributed by atoms with Crippen molar-refractivity contribution in [3.05, 3.63) is 65.5 Å². The molecule has 1 aliphatic rings. The van der Waals surface area contributed by atoms with Gasteiger partial charge < -0.3 is 0 Å². The zero-order chi connectivity index (χ0) is 16.2. The van der Waals surface area contributed by atoms with Gasteiger partial charge in [0.15, 0.2) is 5.78 Å². The monoisotopic (exact) mass is 316 g/mol. The molecule has 0 spiro atoms. The van der Waals surface area contributed by atoms with Gasteiger partial charge in [-0.25, -0.2) is 8.78 Å². The Labute approximate surface area is 134 Å². The second-order valence-electron chi connectivity index (χ2n) is 5.92. The minimum Gasteiger partial charge on any atom is -0.298 e. The smallest absolute Gasteiger partial charge is 0.170 e. The van der Waals surface area contributed by atoms with Crippen LogP contribution in [0.15, 0.2) is 42.7 Å². The fourth-order valence-electron chi connectivity index (χ4n) is 3.07. The van der Waals surface area contributed by atoms with Crippen LogP contribution in [-0.2, 0) is 6.54 Å². The molecule has 120 valence electrons. The SMILES string of the molecule is O=C(c1cc(F)ccc1F)C1CCCN(Cc2ccncc2)C1. The summed E-state index contributed by atoms with van der Waals surface area (Å²) < 4.78 is 27.1. The summed E-state index contributed by atoms with van der Waals surface area (Å²) in [6.45, 7) is 2.20. The van der Waals surface area contributed by atoms with E-state index in [4.69, 9.17) is 0 Å². The highest BCUT2D eigenvalue weighted by molar-refractivity contribution is 5.98. The van der Waals surface area contributed by atoms with Crippen LogP contribution in [0.5, 0.6) is 0 Å². The quantitative estimate of drug-likeness (QED) is 0.810. The molecule has 5 heteroatoms. The molecule has 23 heavy (non-hydrogen) atoms. The lowest BCUT2D eigenvalue weighted by Crippen LogP contribution is -2.38. The van der Waals surface area contributed by atoms with Crippen LogP contribution < -0.4 is 0 Å². The largest absolute Gasteiger partial charge is 0.298 e. The topological polar surface area (TPSA) is 33.2 Å². The Morgan fingerprint density at radius 2 is 2.00 bits per heavy atom. The van der Waals surface area contributed by atoms with Crippen molar-refractivity contribution in [2.45, 2.75) is 19.4 Å². The number of hydrogen-bond acceptors (Lipinski definition) is 3. The Balaban J connectivity index is 1.70. The van der Waals surface area contributed by atoms with Crippen molar-refractivity contribution in [1.29, 1.82) is 0 Å². The number of pyridine rings is 1. The molecule has 1 aromatic carbocycles. The number of halogens is 2.